The summed E-state index contributed by atoms with van der Waals surface area (Å²) in [6.45, 7) is 0. The average molecular weight is 245 g/mol. The van der Waals surface area contributed by atoms with Crippen LogP contribution in [-0.4, -0.2) is 30.2 Å². The Morgan fingerprint density at radius 1 is 1.20 bits per heavy atom. The summed E-state index contributed by atoms with van der Waals surface area (Å²) in [5.74, 6) is 0.845. The van der Waals surface area contributed by atoms with Gasteiger partial charge in [-0.1, -0.05) is 18.2 Å². The quantitative estimate of drug-likeness (QED) is 0.821. The highest BCUT2D eigenvalue weighted by molar-refractivity contribution is 7.90. The Morgan fingerprint density at radius 2 is 1.80 bits per heavy atom. The van der Waals surface area contributed by atoms with Crippen molar-refractivity contribution >= 4 is 20.8 Å². The van der Waals surface area contributed by atoms with Gasteiger partial charge in [-0.15, -0.1) is 0 Å². The van der Waals surface area contributed by atoms with Crippen LogP contribution in [0.1, 0.15) is 0 Å². The summed E-state index contributed by atoms with van der Waals surface area (Å²) in [7, 11) is -4.27. The maximum absolute atomic E-state index is 11.7. The van der Waals surface area contributed by atoms with E-state index < -0.39 is 20.8 Å². The minimum absolute atomic E-state index is 0.170. The number of nitrogens with one attached hydrogen (secondary N) is 1. The first-order valence-electron chi connectivity index (χ1n) is 4.50. The molecule has 1 aromatic rings. The third-order valence-corrected chi connectivity index (χ3v) is 5.23. The molecule has 1 N–H and O–H groups in total. The zero-order chi connectivity index (χ0) is 10.9. The molecule has 1 aliphatic rings. The summed E-state index contributed by atoms with van der Waals surface area (Å²) in [4.78, 5) is 0.252. The molecule has 0 unspecified atom stereocenters. The Labute approximate surface area is 91.2 Å². The van der Waals surface area contributed by atoms with Gasteiger partial charge in [0.15, 0.2) is 0 Å². The largest absolute Gasteiger partial charge is 0.259 e. The average Bonchev–Trinajstić information content (AvgIpc) is 2.17. The van der Waals surface area contributed by atoms with E-state index in [1.54, 1.807) is 18.2 Å². The molecular formula is C9H11NO3S2. The van der Waals surface area contributed by atoms with Gasteiger partial charge < -0.3 is 0 Å². The second-order valence-corrected chi connectivity index (χ2v) is 6.66. The van der Waals surface area contributed by atoms with Crippen LogP contribution < -0.4 is 4.72 Å². The molecule has 0 radical (unpaired) electrons. The van der Waals surface area contributed by atoms with E-state index in [2.05, 4.69) is 4.72 Å². The van der Waals surface area contributed by atoms with Gasteiger partial charge >= 0.3 is 0 Å². The van der Waals surface area contributed by atoms with E-state index in [-0.39, 0.29) is 10.9 Å². The fraction of sp³-hybridized carbons (Fsp3) is 0.333. The van der Waals surface area contributed by atoms with Gasteiger partial charge in [0.1, 0.15) is 0 Å². The van der Waals surface area contributed by atoms with Crippen molar-refractivity contribution in [3.63, 3.8) is 0 Å². The van der Waals surface area contributed by atoms with Gasteiger partial charge in [-0.25, -0.2) is 13.1 Å². The van der Waals surface area contributed by atoms with E-state index in [9.17, 15) is 12.6 Å². The predicted molar refractivity (Wildman–Crippen MR) is 58.4 cm³/mol. The highest BCUT2D eigenvalue weighted by atomic mass is 32.2. The van der Waals surface area contributed by atoms with Crippen LogP contribution in [0.4, 0.5) is 0 Å². The lowest BCUT2D eigenvalue weighted by Gasteiger charge is -2.25. The summed E-state index contributed by atoms with van der Waals surface area (Å²) < 4.78 is 36.8. The van der Waals surface area contributed by atoms with Crippen LogP contribution in [0.15, 0.2) is 35.2 Å². The third-order valence-electron chi connectivity index (χ3n) is 2.15. The molecule has 4 nitrogen and oxygen atoms in total. The van der Waals surface area contributed by atoms with Gasteiger partial charge in [0.05, 0.1) is 4.90 Å². The number of sulfonamides is 1. The first-order chi connectivity index (χ1) is 7.08. The maximum Gasteiger partial charge on any atom is 0.240 e. The summed E-state index contributed by atoms with van der Waals surface area (Å²) in [5.41, 5.74) is 0. The number of hydrogen-bond donors (Lipinski definition) is 1. The molecule has 0 saturated carbocycles. The van der Waals surface area contributed by atoms with Crippen LogP contribution in [0.5, 0.6) is 0 Å². The molecule has 0 spiro atoms. The minimum Gasteiger partial charge on any atom is -0.259 e. The smallest absolute Gasteiger partial charge is 0.240 e. The molecule has 1 aromatic carbocycles. The summed E-state index contributed by atoms with van der Waals surface area (Å²) in [6, 6.07) is 8.02. The first-order valence-corrected chi connectivity index (χ1v) is 7.47. The third kappa shape index (κ3) is 2.45. The molecule has 82 valence electrons. The highest BCUT2D eigenvalue weighted by Crippen LogP contribution is 2.12. The predicted octanol–water partition coefficient (Wildman–Crippen LogP) is 0.0958. The summed E-state index contributed by atoms with van der Waals surface area (Å²) in [5, 5.41) is 0. The molecule has 1 saturated heterocycles. The van der Waals surface area contributed by atoms with Crippen molar-refractivity contribution in [3.05, 3.63) is 30.3 Å². The van der Waals surface area contributed by atoms with E-state index in [1.807, 2.05) is 0 Å². The van der Waals surface area contributed by atoms with Crippen LogP contribution in [0.2, 0.25) is 0 Å². The normalized spacial score (nSPS) is 25.9. The van der Waals surface area contributed by atoms with E-state index in [0.717, 1.165) is 0 Å². The Morgan fingerprint density at radius 3 is 2.33 bits per heavy atom. The van der Waals surface area contributed by atoms with Gasteiger partial charge in [-0.05, 0) is 12.1 Å². The molecule has 1 aliphatic heterocycles. The number of rotatable bonds is 3. The molecule has 0 atom stereocenters. The van der Waals surface area contributed by atoms with Gasteiger partial charge in [-0.3, -0.25) is 4.21 Å². The lowest BCUT2D eigenvalue weighted by molar-refractivity contribution is 0.563. The molecule has 15 heavy (non-hydrogen) atoms. The van der Waals surface area contributed by atoms with E-state index in [4.69, 9.17) is 0 Å². The van der Waals surface area contributed by atoms with Crippen LogP contribution in [-0.2, 0) is 20.8 Å². The molecule has 6 heteroatoms. The van der Waals surface area contributed by atoms with Crippen LogP contribution >= 0.6 is 0 Å². The van der Waals surface area contributed by atoms with Crippen molar-refractivity contribution in [2.24, 2.45) is 0 Å². The topological polar surface area (TPSA) is 63.2 Å². The standard InChI is InChI=1S/C9H11NO3S2/c11-14-6-8(7-14)10-15(12,13)9-4-2-1-3-5-9/h1-5,8,10H,6-7H2. The zero-order valence-corrected chi connectivity index (χ0v) is 9.55. The minimum atomic E-state index is -3.43. The summed E-state index contributed by atoms with van der Waals surface area (Å²) in [6.07, 6.45) is 0. The molecular weight excluding hydrogens is 234 g/mol. The van der Waals surface area contributed by atoms with E-state index in [0.29, 0.717) is 11.5 Å². The van der Waals surface area contributed by atoms with Crippen molar-refractivity contribution in [1.29, 1.82) is 0 Å². The van der Waals surface area contributed by atoms with Crippen molar-refractivity contribution < 1.29 is 12.6 Å². The monoisotopic (exact) mass is 245 g/mol. The summed E-state index contributed by atoms with van der Waals surface area (Å²) >= 11 is 0. The van der Waals surface area contributed by atoms with Gasteiger partial charge in [-0.2, -0.15) is 0 Å². The van der Waals surface area contributed by atoms with Crippen LogP contribution in [0.3, 0.4) is 0 Å². The van der Waals surface area contributed by atoms with Gasteiger partial charge in [0, 0.05) is 28.3 Å². The molecule has 2 rings (SSSR count). The second kappa shape index (κ2) is 4.03. The van der Waals surface area contributed by atoms with Crippen molar-refractivity contribution in [1.82, 2.24) is 4.72 Å². The first kappa shape index (κ1) is 10.8. The fourth-order valence-electron chi connectivity index (χ4n) is 1.36. The lowest BCUT2D eigenvalue weighted by Crippen LogP contribution is -2.50. The fourth-order valence-corrected chi connectivity index (χ4v) is 3.79. The van der Waals surface area contributed by atoms with Gasteiger partial charge in [0.2, 0.25) is 10.0 Å². The zero-order valence-electron chi connectivity index (χ0n) is 7.92. The number of benzene rings is 1. The molecule has 1 fully saturated rings. The van der Waals surface area contributed by atoms with Gasteiger partial charge in [0.25, 0.3) is 0 Å². The van der Waals surface area contributed by atoms with Crippen molar-refractivity contribution in [3.8, 4) is 0 Å². The Bertz CT molecular complexity index is 461. The molecule has 0 aromatic heterocycles. The number of hydrogen-bond acceptors (Lipinski definition) is 3. The second-order valence-electron chi connectivity index (χ2n) is 3.40. The van der Waals surface area contributed by atoms with Crippen molar-refractivity contribution in [2.75, 3.05) is 11.5 Å². The van der Waals surface area contributed by atoms with E-state index >= 15 is 0 Å². The highest BCUT2D eigenvalue weighted by Gasteiger charge is 2.29. The maximum atomic E-state index is 11.7. The molecule has 0 aliphatic carbocycles. The Kier molecular flexibility index (Phi) is 2.90. The Hall–Kier alpha value is -0.720. The Balaban J connectivity index is 2.11. The molecule has 0 bridgehead atoms. The molecule has 0 amide bonds. The van der Waals surface area contributed by atoms with Crippen LogP contribution in [0, 0.1) is 0 Å². The lowest BCUT2D eigenvalue weighted by atomic mass is 10.4. The molecule has 1 heterocycles. The van der Waals surface area contributed by atoms with Crippen molar-refractivity contribution in [2.45, 2.75) is 10.9 Å². The van der Waals surface area contributed by atoms with E-state index in [1.165, 1.54) is 12.1 Å². The SMILES string of the molecule is O=S1CC(NS(=O)(=O)c2ccccc2)C1. The van der Waals surface area contributed by atoms with Crippen LogP contribution in [0.25, 0.3) is 0 Å².